The first-order valence-electron chi connectivity index (χ1n) is 9.66. The quantitative estimate of drug-likeness (QED) is 0.489. The number of pyridine rings is 1. The average Bonchev–Trinajstić information content (AvgIpc) is 3.18. The molecule has 1 N–H and O–H groups in total. The molecule has 0 spiro atoms. The summed E-state index contributed by atoms with van der Waals surface area (Å²) in [7, 11) is 0. The first-order valence-corrected chi connectivity index (χ1v) is 9.66. The molecule has 2 aromatic heterocycles. The summed E-state index contributed by atoms with van der Waals surface area (Å²) in [6.07, 6.45) is 3.56. The number of esters is 1. The monoisotopic (exact) mass is 399 g/mol. The van der Waals surface area contributed by atoms with Gasteiger partial charge < -0.3 is 14.5 Å². The Bertz CT molecular complexity index is 1200. The number of imidazole rings is 1. The minimum absolute atomic E-state index is 0.183. The fraction of sp³-hybridized carbons (Fsp3) is 0.125. The van der Waals surface area contributed by atoms with Crippen LogP contribution in [0.15, 0.2) is 79.1 Å². The van der Waals surface area contributed by atoms with Crippen molar-refractivity contribution < 1.29 is 14.3 Å². The second-order valence-electron chi connectivity index (χ2n) is 7.16. The van der Waals surface area contributed by atoms with Gasteiger partial charge in [0.1, 0.15) is 5.65 Å². The van der Waals surface area contributed by atoms with Crippen LogP contribution in [0.4, 0.5) is 5.69 Å². The standard InChI is InChI=1S/C24H21N3O3/c1-16(2)30-24(29)18-8-10-20(11-9-18)25-23(28)19-12-13-27-15-21(26-22(27)14-19)17-6-4-3-5-7-17/h3-16H,1-2H3,(H,25,28). The molecule has 150 valence electrons. The second-order valence-corrected chi connectivity index (χ2v) is 7.16. The SMILES string of the molecule is CC(C)OC(=O)c1ccc(NC(=O)c2ccn3cc(-c4ccccc4)nc3c2)cc1. The van der Waals surface area contributed by atoms with Crippen LogP contribution in [0.3, 0.4) is 0 Å². The molecule has 0 saturated carbocycles. The van der Waals surface area contributed by atoms with Gasteiger partial charge in [0.05, 0.1) is 17.4 Å². The van der Waals surface area contributed by atoms with Gasteiger partial charge in [-0.1, -0.05) is 30.3 Å². The number of nitrogens with one attached hydrogen (secondary N) is 1. The van der Waals surface area contributed by atoms with Crippen LogP contribution in [-0.2, 0) is 4.74 Å². The molecule has 0 atom stereocenters. The van der Waals surface area contributed by atoms with E-state index in [1.54, 1.807) is 50.2 Å². The number of hydrogen-bond acceptors (Lipinski definition) is 4. The Morgan fingerprint density at radius 2 is 1.70 bits per heavy atom. The number of carbonyl (C=O) groups excluding carboxylic acids is 2. The fourth-order valence-corrected chi connectivity index (χ4v) is 3.05. The highest BCUT2D eigenvalue weighted by atomic mass is 16.5. The van der Waals surface area contributed by atoms with Crippen molar-refractivity contribution in [3.63, 3.8) is 0 Å². The third-order valence-corrected chi connectivity index (χ3v) is 4.51. The van der Waals surface area contributed by atoms with Crippen molar-refractivity contribution in [1.29, 1.82) is 0 Å². The van der Waals surface area contributed by atoms with Gasteiger partial charge >= 0.3 is 5.97 Å². The molecule has 4 rings (SSSR count). The fourth-order valence-electron chi connectivity index (χ4n) is 3.05. The number of rotatable bonds is 5. The number of fused-ring (bicyclic) bond motifs is 1. The number of carbonyl (C=O) groups is 2. The van der Waals surface area contributed by atoms with Crippen molar-refractivity contribution in [1.82, 2.24) is 9.38 Å². The van der Waals surface area contributed by atoms with Crippen LogP contribution >= 0.6 is 0 Å². The summed E-state index contributed by atoms with van der Waals surface area (Å²) in [5, 5.41) is 2.84. The van der Waals surface area contributed by atoms with Gasteiger partial charge in [-0.3, -0.25) is 4.79 Å². The van der Waals surface area contributed by atoms with E-state index in [1.807, 2.05) is 47.1 Å². The van der Waals surface area contributed by atoms with Crippen molar-refractivity contribution in [2.24, 2.45) is 0 Å². The lowest BCUT2D eigenvalue weighted by Crippen LogP contribution is -2.13. The van der Waals surface area contributed by atoms with Crippen molar-refractivity contribution in [3.05, 3.63) is 90.3 Å². The van der Waals surface area contributed by atoms with E-state index < -0.39 is 0 Å². The first kappa shape index (κ1) is 19.4. The molecule has 2 heterocycles. The molecular weight excluding hydrogens is 378 g/mol. The predicted molar refractivity (Wildman–Crippen MR) is 116 cm³/mol. The van der Waals surface area contributed by atoms with Gasteiger partial charge in [0, 0.05) is 29.2 Å². The zero-order valence-corrected chi connectivity index (χ0v) is 16.7. The number of nitrogens with zero attached hydrogens (tertiary/aromatic N) is 2. The van der Waals surface area contributed by atoms with Gasteiger partial charge in [-0.25, -0.2) is 9.78 Å². The van der Waals surface area contributed by atoms with Crippen molar-refractivity contribution in [2.75, 3.05) is 5.32 Å². The average molecular weight is 399 g/mol. The van der Waals surface area contributed by atoms with Crippen LogP contribution in [0, 0.1) is 0 Å². The lowest BCUT2D eigenvalue weighted by atomic mass is 10.2. The summed E-state index contributed by atoms with van der Waals surface area (Å²) in [4.78, 5) is 29.2. The second kappa shape index (κ2) is 8.21. The normalized spacial score (nSPS) is 10.9. The summed E-state index contributed by atoms with van der Waals surface area (Å²) < 4.78 is 7.05. The molecule has 30 heavy (non-hydrogen) atoms. The maximum Gasteiger partial charge on any atom is 0.338 e. The van der Waals surface area contributed by atoms with Gasteiger partial charge in [0.2, 0.25) is 0 Å². The number of anilines is 1. The molecule has 6 nitrogen and oxygen atoms in total. The minimum atomic E-state index is -0.387. The van der Waals surface area contributed by atoms with Gasteiger partial charge in [0.25, 0.3) is 5.91 Å². The number of ether oxygens (including phenoxy) is 1. The minimum Gasteiger partial charge on any atom is -0.459 e. The molecule has 6 heteroatoms. The van der Waals surface area contributed by atoms with Crippen molar-refractivity contribution in [3.8, 4) is 11.3 Å². The zero-order chi connectivity index (χ0) is 21.1. The Morgan fingerprint density at radius 1 is 0.967 bits per heavy atom. The zero-order valence-electron chi connectivity index (χ0n) is 16.7. The van der Waals surface area contributed by atoms with Crippen LogP contribution in [-0.4, -0.2) is 27.4 Å². The Balaban J connectivity index is 1.50. The molecule has 0 aliphatic rings. The van der Waals surface area contributed by atoms with Gasteiger partial charge in [-0.15, -0.1) is 0 Å². The van der Waals surface area contributed by atoms with E-state index in [9.17, 15) is 9.59 Å². The van der Waals surface area contributed by atoms with Crippen molar-refractivity contribution in [2.45, 2.75) is 20.0 Å². The Morgan fingerprint density at radius 3 is 2.40 bits per heavy atom. The maximum absolute atomic E-state index is 12.7. The number of aromatic nitrogens is 2. The van der Waals surface area contributed by atoms with Crippen LogP contribution in [0.25, 0.3) is 16.9 Å². The summed E-state index contributed by atoms with van der Waals surface area (Å²) in [6, 6.07) is 20.0. The Labute approximate surface area is 174 Å². The number of amides is 1. The summed E-state index contributed by atoms with van der Waals surface area (Å²) in [5.74, 6) is -0.638. The summed E-state index contributed by atoms with van der Waals surface area (Å²) >= 11 is 0. The smallest absolute Gasteiger partial charge is 0.338 e. The highest BCUT2D eigenvalue weighted by Gasteiger charge is 2.12. The van der Waals surface area contributed by atoms with E-state index in [4.69, 9.17) is 4.74 Å². The van der Waals surface area contributed by atoms with E-state index in [-0.39, 0.29) is 18.0 Å². The van der Waals surface area contributed by atoms with Crippen LogP contribution in [0.1, 0.15) is 34.6 Å². The van der Waals surface area contributed by atoms with Crippen LogP contribution in [0.2, 0.25) is 0 Å². The third-order valence-electron chi connectivity index (χ3n) is 4.51. The van der Waals surface area contributed by atoms with Crippen LogP contribution in [0.5, 0.6) is 0 Å². The molecule has 0 unspecified atom stereocenters. The Kier molecular flexibility index (Phi) is 5.30. The summed E-state index contributed by atoms with van der Waals surface area (Å²) in [5.41, 5.74) is 4.08. The Hall–Kier alpha value is -3.93. The van der Waals surface area contributed by atoms with E-state index >= 15 is 0 Å². The van der Waals surface area contributed by atoms with Gasteiger partial charge in [0.15, 0.2) is 0 Å². The largest absolute Gasteiger partial charge is 0.459 e. The predicted octanol–water partition coefficient (Wildman–Crippen LogP) is 4.82. The van der Waals surface area contributed by atoms with Gasteiger partial charge in [-0.2, -0.15) is 0 Å². The maximum atomic E-state index is 12.7. The molecule has 0 fully saturated rings. The molecule has 0 saturated heterocycles. The van der Waals surface area contributed by atoms with E-state index in [0.29, 0.717) is 22.5 Å². The molecule has 2 aromatic carbocycles. The van der Waals surface area contributed by atoms with Gasteiger partial charge in [-0.05, 0) is 50.2 Å². The lowest BCUT2D eigenvalue weighted by Gasteiger charge is -2.09. The highest BCUT2D eigenvalue weighted by molar-refractivity contribution is 6.05. The molecule has 0 bridgehead atoms. The van der Waals surface area contributed by atoms with Crippen LogP contribution < -0.4 is 5.32 Å². The number of benzene rings is 2. The van der Waals surface area contributed by atoms with E-state index in [1.165, 1.54) is 0 Å². The molecule has 4 aromatic rings. The third kappa shape index (κ3) is 4.22. The summed E-state index contributed by atoms with van der Waals surface area (Å²) in [6.45, 7) is 3.60. The lowest BCUT2D eigenvalue weighted by molar-refractivity contribution is 0.0378. The highest BCUT2D eigenvalue weighted by Crippen LogP contribution is 2.20. The van der Waals surface area contributed by atoms with E-state index in [0.717, 1.165) is 11.3 Å². The topological polar surface area (TPSA) is 72.7 Å². The molecule has 0 radical (unpaired) electrons. The first-order chi connectivity index (χ1) is 14.5. The van der Waals surface area contributed by atoms with E-state index in [2.05, 4.69) is 10.3 Å². The molecule has 0 aliphatic carbocycles. The van der Waals surface area contributed by atoms with Crippen molar-refractivity contribution >= 4 is 23.2 Å². The molecule has 1 amide bonds. The molecular formula is C24H21N3O3. The number of hydrogen-bond donors (Lipinski definition) is 1. The molecule has 0 aliphatic heterocycles.